The van der Waals surface area contributed by atoms with Crippen LogP contribution in [-0.2, 0) is 9.59 Å². The molecule has 0 aromatic heterocycles. The number of aliphatic carboxylic acids is 1. The van der Waals surface area contributed by atoms with Gasteiger partial charge in [-0.25, -0.2) is 4.79 Å². The molecule has 1 heterocycles. The van der Waals surface area contributed by atoms with Crippen molar-refractivity contribution in [1.29, 1.82) is 0 Å². The van der Waals surface area contributed by atoms with Gasteiger partial charge >= 0.3 is 12.0 Å². The molecule has 0 aromatic carbocycles. The van der Waals surface area contributed by atoms with E-state index in [0.717, 1.165) is 5.75 Å². The number of primary amides is 1. The Labute approximate surface area is 122 Å². The molecule has 8 heteroatoms. The lowest BCUT2D eigenvalue weighted by Gasteiger charge is -2.34. The molecule has 0 bridgehead atoms. The minimum absolute atomic E-state index is 0.0257. The second-order valence-corrected chi connectivity index (χ2v) is 5.83. The summed E-state index contributed by atoms with van der Waals surface area (Å²) < 4.78 is 0. The molecule has 0 radical (unpaired) electrons. The Balaban J connectivity index is 2.31. The number of hydrogen-bond acceptors (Lipinski definition) is 4. The quantitative estimate of drug-likeness (QED) is 0.583. The van der Waals surface area contributed by atoms with Crippen LogP contribution < -0.4 is 11.1 Å². The third-order valence-electron chi connectivity index (χ3n) is 3.02. The largest absolute Gasteiger partial charge is 0.481 e. The second kappa shape index (κ2) is 8.68. The Morgan fingerprint density at radius 2 is 2.10 bits per heavy atom. The number of rotatable bonds is 7. The van der Waals surface area contributed by atoms with Gasteiger partial charge in [0.25, 0.3) is 0 Å². The number of thioether (sulfide) groups is 1. The fraction of sp³-hybridized carbons (Fsp3) is 0.750. The maximum atomic E-state index is 12.0. The van der Waals surface area contributed by atoms with Crippen molar-refractivity contribution in [3.8, 4) is 0 Å². The predicted molar refractivity (Wildman–Crippen MR) is 76.5 cm³/mol. The first kappa shape index (κ1) is 16.6. The lowest BCUT2D eigenvalue weighted by atomic mass is 10.2. The maximum absolute atomic E-state index is 12.0. The first-order chi connectivity index (χ1) is 9.50. The minimum atomic E-state index is -0.892. The van der Waals surface area contributed by atoms with Crippen molar-refractivity contribution >= 4 is 29.7 Å². The minimum Gasteiger partial charge on any atom is -0.481 e. The molecule has 20 heavy (non-hydrogen) atoms. The molecule has 1 aliphatic rings. The van der Waals surface area contributed by atoms with E-state index in [-0.39, 0.29) is 24.4 Å². The number of carbonyl (C=O) groups excluding carboxylic acids is 2. The van der Waals surface area contributed by atoms with Gasteiger partial charge in [0.05, 0.1) is 12.5 Å². The lowest BCUT2D eigenvalue weighted by molar-refractivity contribution is -0.138. The fourth-order valence-corrected chi connectivity index (χ4v) is 3.08. The van der Waals surface area contributed by atoms with Crippen LogP contribution in [-0.4, -0.2) is 58.6 Å². The van der Waals surface area contributed by atoms with E-state index < -0.39 is 5.97 Å². The first-order valence-electron chi connectivity index (χ1n) is 6.63. The van der Waals surface area contributed by atoms with Gasteiger partial charge in [0.1, 0.15) is 0 Å². The third kappa shape index (κ3) is 6.14. The first-order valence-corrected chi connectivity index (χ1v) is 7.78. The van der Waals surface area contributed by atoms with Crippen LogP contribution in [0.1, 0.15) is 25.7 Å². The highest BCUT2D eigenvalue weighted by Gasteiger charge is 2.28. The van der Waals surface area contributed by atoms with Crippen molar-refractivity contribution in [3.63, 3.8) is 0 Å². The molecule has 0 spiro atoms. The van der Waals surface area contributed by atoms with Crippen molar-refractivity contribution in [3.05, 3.63) is 0 Å². The summed E-state index contributed by atoms with van der Waals surface area (Å²) >= 11 is 1.66. The number of carboxylic acids is 1. The molecule has 4 N–H and O–H groups in total. The van der Waals surface area contributed by atoms with E-state index in [1.807, 2.05) is 0 Å². The maximum Gasteiger partial charge on any atom is 0.317 e. The van der Waals surface area contributed by atoms with E-state index in [2.05, 4.69) is 5.32 Å². The van der Waals surface area contributed by atoms with Gasteiger partial charge in [-0.15, -0.1) is 0 Å². The van der Waals surface area contributed by atoms with Crippen LogP contribution in [0.25, 0.3) is 0 Å². The molecule has 7 nitrogen and oxygen atoms in total. The van der Waals surface area contributed by atoms with E-state index in [1.165, 1.54) is 0 Å². The monoisotopic (exact) mass is 303 g/mol. The Bertz CT molecular complexity index is 365. The zero-order chi connectivity index (χ0) is 15.0. The van der Waals surface area contributed by atoms with Gasteiger partial charge in [-0.3, -0.25) is 9.59 Å². The molecule has 114 valence electrons. The Hall–Kier alpha value is -1.44. The normalized spacial score (nSPS) is 18.6. The van der Waals surface area contributed by atoms with Crippen LogP contribution >= 0.6 is 11.8 Å². The number of carboxylic acid groups (broad SMARTS) is 1. The molecule has 1 rings (SSSR count). The van der Waals surface area contributed by atoms with Crippen LogP contribution in [0.5, 0.6) is 0 Å². The molecule has 1 atom stereocenters. The second-order valence-electron chi connectivity index (χ2n) is 4.68. The number of amides is 3. The van der Waals surface area contributed by atoms with E-state index in [4.69, 9.17) is 10.8 Å². The highest BCUT2D eigenvalue weighted by atomic mass is 32.2. The predicted octanol–water partition coefficient (Wildman–Crippen LogP) is 0.244. The van der Waals surface area contributed by atoms with Gasteiger partial charge in [-0.1, -0.05) is 0 Å². The molecule has 1 aliphatic heterocycles. The van der Waals surface area contributed by atoms with E-state index >= 15 is 0 Å². The highest BCUT2D eigenvalue weighted by molar-refractivity contribution is 7.99. The number of unbranched alkanes of at least 4 members (excludes halogenated alkanes) is 1. The van der Waals surface area contributed by atoms with Crippen molar-refractivity contribution in [2.75, 3.05) is 24.6 Å². The summed E-state index contributed by atoms with van der Waals surface area (Å²) in [5.41, 5.74) is 5.02. The van der Waals surface area contributed by atoms with Crippen LogP contribution in [0.2, 0.25) is 0 Å². The Morgan fingerprint density at radius 3 is 2.75 bits per heavy atom. The number of nitrogens with one attached hydrogen (secondary N) is 1. The standard InChI is InChI=1S/C12H21N3O4S/c13-10(16)3-1-2-4-14-12(19)15-5-6-20-8-9(15)7-11(17)18/h9H,1-8H2,(H2,13,16)(H,14,19)(H,17,18). The molecule has 1 saturated heterocycles. The molecule has 0 aliphatic carbocycles. The van der Waals surface area contributed by atoms with E-state index in [0.29, 0.717) is 38.1 Å². The highest BCUT2D eigenvalue weighted by Crippen LogP contribution is 2.19. The summed E-state index contributed by atoms with van der Waals surface area (Å²) in [5.74, 6) is 0.245. The van der Waals surface area contributed by atoms with Gasteiger partial charge in [-0.2, -0.15) is 11.8 Å². The SMILES string of the molecule is NC(=O)CCCCNC(=O)N1CCSCC1CC(=O)O. The number of nitrogens with zero attached hydrogens (tertiary/aromatic N) is 1. The Morgan fingerprint density at radius 1 is 1.35 bits per heavy atom. The van der Waals surface area contributed by atoms with Crippen LogP contribution in [0.4, 0.5) is 4.79 Å². The smallest absolute Gasteiger partial charge is 0.317 e. The number of hydrogen-bond donors (Lipinski definition) is 3. The van der Waals surface area contributed by atoms with Crippen molar-refractivity contribution < 1.29 is 19.5 Å². The van der Waals surface area contributed by atoms with Gasteiger partial charge in [-0.05, 0) is 12.8 Å². The average molecular weight is 303 g/mol. The van der Waals surface area contributed by atoms with Crippen molar-refractivity contribution in [2.24, 2.45) is 5.73 Å². The zero-order valence-corrected chi connectivity index (χ0v) is 12.2. The van der Waals surface area contributed by atoms with E-state index in [1.54, 1.807) is 16.7 Å². The third-order valence-corrected chi connectivity index (χ3v) is 4.12. The molecular formula is C12H21N3O4S. The van der Waals surface area contributed by atoms with Crippen molar-refractivity contribution in [1.82, 2.24) is 10.2 Å². The molecule has 1 fully saturated rings. The summed E-state index contributed by atoms with van der Waals surface area (Å²) in [6.07, 6.45) is 1.62. The summed E-state index contributed by atoms with van der Waals surface area (Å²) in [4.78, 5) is 34.9. The average Bonchev–Trinajstić information content (AvgIpc) is 2.37. The molecule has 0 aromatic rings. The number of urea groups is 1. The summed E-state index contributed by atoms with van der Waals surface area (Å²) in [5, 5.41) is 11.6. The molecule has 3 amide bonds. The Kier molecular flexibility index (Phi) is 7.21. The van der Waals surface area contributed by atoms with E-state index in [9.17, 15) is 14.4 Å². The topological polar surface area (TPSA) is 113 Å². The molecular weight excluding hydrogens is 282 g/mol. The van der Waals surface area contributed by atoms with Gasteiger partial charge in [0.2, 0.25) is 5.91 Å². The van der Waals surface area contributed by atoms with Gasteiger partial charge < -0.3 is 21.1 Å². The zero-order valence-electron chi connectivity index (χ0n) is 11.3. The lowest BCUT2D eigenvalue weighted by Crippen LogP contribution is -2.51. The van der Waals surface area contributed by atoms with Crippen molar-refractivity contribution in [2.45, 2.75) is 31.7 Å². The van der Waals surface area contributed by atoms with Crippen LogP contribution in [0.15, 0.2) is 0 Å². The molecule has 0 saturated carbocycles. The van der Waals surface area contributed by atoms with Gasteiger partial charge in [0, 0.05) is 31.0 Å². The van der Waals surface area contributed by atoms with Crippen LogP contribution in [0, 0.1) is 0 Å². The summed E-state index contributed by atoms with van der Waals surface area (Å²) in [6.45, 7) is 1.03. The number of nitrogens with two attached hydrogens (primary N) is 1. The molecule has 1 unspecified atom stereocenters. The van der Waals surface area contributed by atoms with Crippen LogP contribution in [0.3, 0.4) is 0 Å². The summed E-state index contributed by atoms with van der Waals surface area (Å²) in [6, 6.07) is -0.479. The summed E-state index contributed by atoms with van der Waals surface area (Å²) in [7, 11) is 0. The van der Waals surface area contributed by atoms with Gasteiger partial charge in [0.15, 0.2) is 0 Å². The number of carbonyl (C=O) groups is 3. The fourth-order valence-electron chi connectivity index (χ4n) is 2.01.